The number of hydrogen-bond donors (Lipinski definition) is 2. The van der Waals surface area contributed by atoms with Gasteiger partial charge in [0.15, 0.2) is 0 Å². The van der Waals surface area contributed by atoms with Gasteiger partial charge >= 0.3 is 0 Å². The molecule has 0 heterocycles. The minimum absolute atomic E-state index is 0.0551. The van der Waals surface area contributed by atoms with E-state index >= 15 is 0 Å². The van der Waals surface area contributed by atoms with Crippen LogP contribution in [0, 0.1) is 18.3 Å². The van der Waals surface area contributed by atoms with Gasteiger partial charge in [0, 0.05) is 5.69 Å². The Balaban J connectivity index is 1.89. The third kappa shape index (κ3) is 4.37. The van der Waals surface area contributed by atoms with Gasteiger partial charge < -0.3 is 5.32 Å². The maximum absolute atomic E-state index is 12.7. The van der Waals surface area contributed by atoms with E-state index in [9.17, 15) is 13.2 Å². The molecule has 3 aromatic carbocycles. The molecular weight excluding hydrogens is 374 g/mol. The Bertz CT molecular complexity index is 1180. The molecular formula is C21H17N3O3S. The average Bonchev–Trinajstić information content (AvgIpc) is 2.68. The molecule has 1 amide bonds. The summed E-state index contributed by atoms with van der Waals surface area (Å²) >= 11 is 0. The van der Waals surface area contributed by atoms with Crippen LogP contribution in [-0.2, 0) is 10.0 Å². The number of amides is 1. The van der Waals surface area contributed by atoms with Gasteiger partial charge in [0.25, 0.3) is 15.9 Å². The summed E-state index contributed by atoms with van der Waals surface area (Å²) in [5.74, 6) is -0.435. The van der Waals surface area contributed by atoms with Crippen LogP contribution in [0.2, 0.25) is 0 Å². The van der Waals surface area contributed by atoms with Gasteiger partial charge in [0.2, 0.25) is 0 Å². The Morgan fingerprint density at radius 2 is 1.71 bits per heavy atom. The van der Waals surface area contributed by atoms with Crippen molar-refractivity contribution in [2.75, 3.05) is 10.0 Å². The highest BCUT2D eigenvalue weighted by Crippen LogP contribution is 2.22. The Morgan fingerprint density at radius 3 is 2.46 bits per heavy atom. The molecule has 3 rings (SSSR count). The number of benzene rings is 3. The van der Waals surface area contributed by atoms with Gasteiger partial charge in [-0.15, -0.1) is 0 Å². The van der Waals surface area contributed by atoms with Crippen molar-refractivity contribution in [3.05, 3.63) is 89.5 Å². The van der Waals surface area contributed by atoms with E-state index < -0.39 is 15.9 Å². The summed E-state index contributed by atoms with van der Waals surface area (Å²) < 4.78 is 27.8. The summed E-state index contributed by atoms with van der Waals surface area (Å²) in [4.78, 5) is 12.6. The number of nitriles is 1. The number of rotatable bonds is 5. The highest BCUT2D eigenvalue weighted by molar-refractivity contribution is 7.92. The lowest BCUT2D eigenvalue weighted by Gasteiger charge is -2.13. The quantitative estimate of drug-likeness (QED) is 0.688. The molecule has 140 valence electrons. The number of nitrogens with zero attached hydrogens (tertiary/aromatic N) is 1. The first kappa shape index (κ1) is 19.1. The number of hydrogen-bond acceptors (Lipinski definition) is 4. The van der Waals surface area contributed by atoms with E-state index in [1.807, 2.05) is 31.2 Å². The lowest BCUT2D eigenvalue weighted by atomic mass is 10.1. The largest absolute Gasteiger partial charge is 0.322 e. The third-order valence-electron chi connectivity index (χ3n) is 3.97. The van der Waals surface area contributed by atoms with Gasteiger partial charge in [-0.25, -0.2) is 8.42 Å². The minimum Gasteiger partial charge on any atom is -0.322 e. The van der Waals surface area contributed by atoms with Crippen molar-refractivity contribution in [3.63, 3.8) is 0 Å². The second-order valence-electron chi connectivity index (χ2n) is 6.11. The fraction of sp³-hybridized carbons (Fsp3) is 0.0476. The molecule has 0 fully saturated rings. The molecule has 0 spiro atoms. The normalized spacial score (nSPS) is 10.7. The summed E-state index contributed by atoms with van der Waals surface area (Å²) in [5.41, 5.74) is 2.17. The molecule has 0 aliphatic carbocycles. The molecule has 0 unspecified atom stereocenters. The van der Waals surface area contributed by atoms with Crippen molar-refractivity contribution in [1.29, 1.82) is 5.26 Å². The van der Waals surface area contributed by atoms with Gasteiger partial charge in [0.1, 0.15) is 0 Å². The molecule has 6 nitrogen and oxygen atoms in total. The Morgan fingerprint density at radius 1 is 0.964 bits per heavy atom. The van der Waals surface area contributed by atoms with Crippen LogP contribution in [0.25, 0.3) is 0 Å². The first-order chi connectivity index (χ1) is 13.4. The molecule has 3 aromatic rings. The van der Waals surface area contributed by atoms with Crippen molar-refractivity contribution in [2.45, 2.75) is 11.8 Å². The van der Waals surface area contributed by atoms with Crippen molar-refractivity contribution in [1.82, 2.24) is 0 Å². The molecule has 0 atom stereocenters. The molecule has 0 bridgehead atoms. The van der Waals surface area contributed by atoms with Gasteiger partial charge in [-0.2, -0.15) is 5.26 Å². The number of carbonyl (C=O) groups excluding carboxylic acids is 1. The third-order valence-corrected chi connectivity index (χ3v) is 5.33. The van der Waals surface area contributed by atoms with Gasteiger partial charge in [-0.3, -0.25) is 9.52 Å². The fourth-order valence-corrected chi connectivity index (χ4v) is 3.75. The lowest BCUT2D eigenvalue weighted by Crippen LogP contribution is -2.18. The molecule has 2 N–H and O–H groups in total. The fourth-order valence-electron chi connectivity index (χ4n) is 2.63. The standard InChI is InChI=1S/C21H17N3O3S/c1-15-6-4-8-17(12-15)23-21(25)19-10-2-3-11-20(19)24-28(26,27)18-9-5-7-16(13-18)14-22/h2-13,24H,1H3,(H,23,25). The number of carbonyl (C=O) groups is 1. The minimum atomic E-state index is -3.96. The first-order valence-corrected chi connectivity index (χ1v) is 9.87. The van der Waals surface area contributed by atoms with Gasteiger partial charge in [-0.05, 0) is 55.0 Å². The lowest BCUT2D eigenvalue weighted by molar-refractivity contribution is 0.102. The Hall–Kier alpha value is -3.63. The molecule has 0 saturated carbocycles. The second kappa shape index (κ2) is 7.94. The zero-order valence-corrected chi connectivity index (χ0v) is 15.8. The number of sulfonamides is 1. The average molecular weight is 391 g/mol. The van der Waals surface area contributed by atoms with E-state index in [1.54, 1.807) is 18.2 Å². The Kier molecular flexibility index (Phi) is 5.43. The van der Waals surface area contributed by atoms with Crippen LogP contribution in [0.5, 0.6) is 0 Å². The highest BCUT2D eigenvalue weighted by Gasteiger charge is 2.19. The first-order valence-electron chi connectivity index (χ1n) is 8.39. The van der Waals surface area contributed by atoms with Crippen molar-refractivity contribution in [3.8, 4) is 6.07 Å². The molecule has 0 aliphatic heterocycles. The Labute approximate surface area is 163 Å². The van der Waals surface area contributed by atoms with Crippen LogP contribution in [0.4, 0.5) is 11.4 Å². The van der Waals surface area contributed by atoms with E-state index in [4.69, 9.17) is 5.26 Å². The number of anilines is 2. The smallest absolute Gasteiger partial charge is 0.261 e. The van der Waals surface area contributed by atoms with Crippen LogP contribution in [-0.4, -0.2) is 14.3 Å². The van der Waals surface area contributed by atoms with Crippen molar-refractivity contribution < 1.29 is 13.2 Å². The topological polar surface area (TPSA) is 99.1 Å². The summed E-state index contributed by atoms with van der Waals surface area (Å²) in [6.07, 6.45) is 0. The molecule has 0 radical (unpaired) electrons. The van der Waals surface area contributed by atoms with E-state index in [0.29, 0.717) is 5.69 Å². The van der Waals surface area contributed by atoms with E-state index in [0.717, 1.165) is 5.56 Å². The predicted molar refractivity (Wildman–Crippen MR) is 108 cm³/mol. The summed E-state index contributed by atoms with van der Waals surface area (Å²) in [7, 11) is -3.96. The maximum atomic E-state index is 12.7. The number of para-hydroxylation sites is 1. The van der Waals surface area contributed by atoms with Gasteiger partial charge in [-0.1, -0.05) is 30.3 Å². The summed E-state index contributed by atoms with van der Waals surface area (Å²) in [6, 6.07) is 21.2. The van der Waals surface area contributed by atoms with E-state index in [-0.39, 0.29) is 21.7 Å². The molecule has 7 heteroatoms. The number of aryl methyl sites for hydroxylation is 1. The molecule has 0 aromatic heterocycles. The van der Waals surface area contributed by atoms with E-state index in [1.165, 1.54) is 36.4 Å². The molecule has 28 heavy (non-hydrogen) atoms. The maximum Gasteiger partial charge on any atom is 0.261 e. The van der Waals surface area contributed by atoms with Crippen molar-refractivity contribution >= 4 is 27.3 Å². The van der Waals surface area contributed by atoms with Gasteiger partial charge in [0.05, 0.1) is 27.8 Å². The summed E-state index contributed by atoms with van der Waals surface area (Å²) in [6.45, 7) is 1.91. The zero-order chi connectivity index (χ0) is 20.1. The highest BCUT2D eigenvalue weighted by atomic mass is 32.2. The van der Waals surface area contributed by atoms with Crippen LogP contribution in [0.1, 0.15) is 21.5 Å². The summed E-state index contributed by atoms with van der Waals surface area (Å²) in [5, 5.41) is 11.7. The van der Waals surface area contributed by atoms with Crippen molar-refractivity contribution in [2.24, 2.45) is 0 Å². The van der Waals surface area contributed by atoms with Crippen LogP contribution in [0.3, 0.4) is 0 Å². The SMILES string of the molecule is Cc1cccc(NC(=O)c2ccccc2NS(=O)(=O)c2cccc(C#N)c2)c1. The van der Waals surface area contributed by atoms with Crippen LogP contribution in [0.15, 0.2) is 77.7 Å². The molecule has 0 aliphatic rings. The molecule has 0 saturated heterocycles. The number of nitrogens with one attached hydrogen (secondary N) is 2. The van der Waals surface area contributed by atoms with Crippen LogP contribution < -0.4 is 10.0 Å². The van der Waals surface area contributed by atoms with E-state index in [2.05, 4.69) is 10.0 Å². The van der Waals surface area contributed by atoms with Crippen LogP contribution >= 0.6 is 0 Å². The monoisotopic (exact) mass is 391 g/mol. The second-order valence-corrected chi connectivity index (χ2v) is 7.80. The predicted octanol–water partition coefficient (Wildman–Crippen LogP) is 3.92. The zero-order valence-electron chi connectivity index (χ0n) is 15.0.